The number of rotatable bonds is 5. The number of benzene rings is 2. The zero-order valence-corrected chi connectivity index (χ0v) is 17.6. The minimum absolute atomic E-state index is 0.228. The van der Waals surface area contributed by atoms with Crippen LogP contribution in [0.3, 0.4) is 0 Å². The monoisotopic (exact) mass is 422 g/mol. The predicted molar refractivity (Wildman–Crippen MR) is 118 cm³/mol. The van der Waals surface area contributed by atoms with Crippen LogP contribution in [0.25, 0.3) is 11.3 Å². The number of anilines is 1. The molecule has 0 unspecified atom stereocenters. The van der Waals surface area contributed by atoms with Crippen LogP contribution in [0.15, 0.2) is 65.2 Å². The van der Waals surface area contributed by atoms with E-state index in [2.05, 4.69) is 10.3 Å². The molecule has 29 heavy (non-hydrogen) atoms. The van der Waals surface area contributed by atoms with E-state index in [9.17, 15) is 4.79 Å². The van der Waals surface area contributed by atoms with E-state index >= 15 is 0 Å². The molecule has 0 spiro atoms. The average Bonchev–Trinajstić information content (AvgIpc) is 3.29. The van der Waals surface area contributed by atoms with Crippen molar-refractivity contribution in [3.63, 3.8) is 0 Å². The van der Waals surface area contributed by atoms with Gasteiger partial charge in [0.2, 0.25) is 0 Å². The van der Waals surface area contributed by atoms with Gasteiger partial charge in [0.25, 0.3) is 5.91 Å². The van der Waals surface area contributed by atoms with Crippen molar-refractivity contribution in [3.8, 4) is 11.3 Å². The lowest BCUT2D eigenvalue weighted by atomic mass is 10.1. The summed E-state index contributed by atoms with van der Waals surface area (Å²) < 4.78 is 5.80. The lowest BCUT2D eigenvalue weighted by molar-refractivity contribution is 0.102. The molecule has 4 aromatic rings. The van der Waals surface area contributed by atoms with Gasteiger partial charge in [-0.1, -0.05) is 53.6 Å². The van der Waals surface area contributed by atoms with Crippen LogP contribution < -0.4 is 5.32 Å². The number of halogens is 1. The van der Waals surface area contributed by atoms with Gasteiger partial charge in [0.05, 0.1) is 5.56 Å². The lowest BCUT2D eigenvalue weighted by Gasteiger charge is -2.00. The van der Waals surface area contributed by atoms with Crippen LogP contribution in [0.5, 0.6) is 0 Å². The van der Waals surface area contributed by atoms with E-state index in [1.807, 2.05) is 55.5 Å². The first kappa shape index (κ1) is 19.4. The second kappa shape index (κ2) is 8.23. The normalized spacial score (nSPS) is 10.9. The van der Waals surface area contributed by atoms with Crippen LogP contribution in [0.2, 0.25) is 5.02 Å². The van der Waals surface area contributed by atoms with E-state index in [0.717, 1.165) is 22.4 Å². The summed E-state index contributed by atoms with van der Waals surface area (Å²) in [5.41, 5.74) is 3.72. The molecular weight excluding hydrogens is 404 g/mol. The molecule has 0 saturated carbocycles. The summed E-state index contributed by atoms with van der Waals surface area (Å²) in [4.78, 5) is 18.1. The van der Waals surface area contributed by atoms with Gasteiger partial charge in [0, 0.05) is 28.1 Å². The molecule has 146 valence electrons. The third-order valence-electron chi connectivity index (χ3n) is 4.54. The molecule has 2 aromatic carbocycles. The maximum Gasteiger partial charge on any atom is 0.261 e. The van der Waals surface area contributed by atoms with E-state index in [-0.39, 0.29) is 5.91 Å². The number of nitrogens with zero attached hydrogens (tertiary/aromatic N) is 1. The van der Waals surface area contributed by atoms with Gasteiger partial charge in [0.1, 0.15) is 11.5 Å². The number of nitrogens with one attached hydrogen (secondary N) is 1. The Morgan fingerprint density at radius 1 is 1.14 bits per heavy atom. The van der Waals surface area contributed by atoms with Crippen LogP contribution in [-0.2, 0) is 6.42 Å². The van der Waals surface area contributed by atoms with E-state index in [4.69, 9.17) is 16.0 Å². The van der Waals surface area contributed by atoms with Crippen molar-refractivity contribution in [1.29, 1.82) is 0 Å². The van der Waals surface area contributed by atoms with Crippen molar-refractivity contribution in [2.45, 2.75) is 20.3 Å². The van der Waals surface area contributed by atoms with E-state index < -0.39 is 0 Å². The SMILES string of the molecule is Cc1ccc(-c2cc(C(=O)Nc3ncc(Cc4cccc(Cl)c4)s3)c(C)o2)cc1. The molecule has 0 aliphatic heterocycles. The number of thiazole rings is 1. The van der Waals surface area contributed by atoms with Gasteiger partial charge in [0.15, 0.2) is 5.13 Å². The van der Waals surface area contributed by atoms with Gasteiger partial charge < -0.3 is 4.42 Å². The second-order valence-electron chi connectivity index (χ2n) is 6.84. The van der Waals surface area contributed by atoms with E-state index in [1.165, 1.54) is 16.9 Å². The molecule has 0 bridgehead atoms. The lowest BCUT2D eigenvalue weighted by Crippen LogP contribution is -2.11. The number of amides is 1. The zero-order valence-electron chi connectivity index (χ0n) is 16.0. The van der Waals surface area contributed by atoms with Crippen LogP contribution in [0, 0.1) is 13.8 Å². The fourth-order valence-corrected chi connectivity index (χ4v) is 4.08. The Hall–Kier alpha value is -2.89. The number of carbonyl (C=O) groups excluding carboxylic acids is 1. The first-order valence-corrected chi connectivity index (χ1v) is 10.4. The molecule has 2 aromatic heterocycles. The highest BCUT2D eigenvalue weighted by Crippen LogP contribution is 2.27. The topological polar surface area (TPSA) is 55.1 Å². The zero-order chi connectivity index (χ0) is 20.4. The minimum Gasteiger partial charge on any atom is -0.461 e. The number of hydrogen-bond acceptors (Lipinski definition) is 4. The summed E-state index contributed by atoms with van der Waals surface area (Å²) >= 11 is 7.49. The summed E-state index contributed by atoms with van der Waals surface area (Å²) in [5, 5.41) is 4.14. The van der Waals surface area contributed by atoms with Gasteiger partial charge in [-0.2, -0.15) is 0 Å². The molecular formula is C23H19ClN2O2S. The van der Waals surface area contributed by atoms with Crippen LogP contribution in [-0.4, -0.2) is 10.9 Å². The summed E-state index contributed by atoms with van der Waals surface area (Å²) in [7, 11) is 0. The Labute approximate surface area is 178 Å². The van der Waals surface area contributed by atoms with Gasteiger partial charge in [-0.05, 0) is 37.6 Å². The highest BCUT2D eigenvalue weighted by atomic mass is 35.5. The summed E-state index contributed by atoms with van der Waals surface area (Å²) in [5.74, 6) is 1.02. The van der Waals surface area contributed by atoms with Crippen molar-refractivity contribution in [3.05, 3.63) is 93.1 Å². The smallest absolute Gasteiger partial charge is 0.261 e. The molecule has 4 nitrogen and oxygen atoms in total. The Kier molecular flexibility index (Phi) is 5.51. The van der Waals surface area contributed by atoms with Crippen molar-refractivity contribution in [2.24, 2.45) is 0 Å². The van der Waals surface area contributed by atoms with Crippen molar-refractivity contribution >= 4 is 34.0 Å². The molecule has 0 radical (unpaired) electrons. The molecule has 2 heterocycles. The van der Waals surface area contributed by atoms with Gasteiger partial charge >= 0.3 is 0 Å². The second-order valence-corrected chi connectivity index (χ2v) is 8.39. The fourth-order valence-electron chi connectivity index (χ4n) is 3.03. The maximum atomic E-state index is 12.7. The van der Waals surface area contributed by atoms with Crippen molar-refractivity contribution < 1.29 is 9.21 Å². The molecule has 0 aliphatic carbocycles. The Bertz CT molecular complexity index is 1160. The third kappa shape index (κ3) is 4.58. The number of hydrogen-bond donors (Lipinski definition) is 1. The Morgan fingerprint density at radius 2 is 1.93 bits per heavy atom. The molecule has 4 rings (SSSR count). The number of aromatic nitrogens is 1. The number of aryl methyl sites for hydroxylation is 2. The molecule has 6 heteroatoms. The largest absolute Gasteiger partial charge is 0.461 e. The molecule has 0 atom stereocenters. The first-order chi connectivity index (χ1) is 14.0. The standard InChI is InChI=1S/C23H19ClN2O2S/c1-14-6-8-17(9-7-14)21-12-20(15(2)28-21)22(27)26-23-25-13-19(29-23)11-16-4-3-5-18(24)10-16/h3-10,12-13H,11H2,1-2H3,(H,25,26,27). The Balaban J connectivity index is 1.47. The van der Waals surface area contributed by atoms with Gasteiger partial charge in [-0.15, -0.1) is 11.3 Å². The van der Waals surface area contributed by atoms with Gasteiger partial charge in [-0.25, -0.2) is 4.98 Å². The maximum absolute atomic E-state index is 12.7. The molecule has 0 saturated heterocycles. The Morgan fingerprint density at radius 3 is 2.69 bits per heavy atom. The number of furan rings is 1. The first-order valence-electron chi connectivity index (χ1n) is 9.16. The van der Waals surface area contributed by atoms with Crippen molar-refractivity contribution in [2.75, 3.05) is 5.32 Å². The molecule has 1 N–H and O–H groups in total. The van der Waals surface area contributed by atoms with Gasteiger partial charge in [-0.3, -0.25) is 10.1 Å². The third-order valence-corrected chi connectivity index (χ3v) is 5.69. The molecule has 1 amide bonds. The quantitative estimate of drug-likeness (QED) is 0.398. The van der Waals surface area contributed by atoms with Crippen LogP contribution in [0.1, 0.15) is 32.1 Å². The highest BCUT2D eigenvalue weighted by molar-refractivity contribution is 7.15. The van der Waals surface area contributed by atoms with E-state index in [0.29, 0.717) is 27.2 Å². The van der Waals surface area contributed by atoms with E-state index in [1.54, 1.807) is 19.2 Å². The van der Waals surface area contributed by atoms with Crippen molar-refractivity contribution in [1.82, 2.24) is 4.98 Å². The summed E-state index contributed by atoms with van der Waals surface area (Å²) in [6, 6.07) is 17.5. The van der Waals surface area contributed by atoms with Crippen LogP contribution in [0.4, 0.5) is 5.13 Å². The highest BCUT2D eigenvalue weighted by Gasteiger charge is 2.17. The number of carbonyl (C=O) groups is 1. The average molecular weight is 423 g/mol. The molecule has 0 aliphatic rings. The van der Waals surface area contributed by atoms with Crippen LogP contribution >= 0.6 is 22.9 Å². The predicted octanol–water partition coefficient (Wildman–Crippen LogP) is 6.52. The fraction of sp³-hybridized carbons (Fsp3) is 0.130. The minimum atomic E-state index is -0.228. The molecule has 0 fully saturated rings. The summed E-state index contributed by atoms with van der Waals surface area (Å²) in [6.45, 7) is 3.82. The summed E-state index contributed by atoms with van der Waals surface area (Å²) in [6.07, 6.45) is 2.50.